The molecular formula is C12H14ClN3O. The maximum atomic E-state index is 5.96. The van der Waals surface area contributed by atoms with Crippen LogP contribution in [0.4, 0.5) is 11.6 Å². The smallest absolute Gasteiger partial charge is 0.207 e. The molecule has 17 heavy (non-hydrogen) atoms. The average Bonchev–Trinajstić information content (AvgIpc) is 2.79. The minimum atomic E-state index is 0.594. The lowest BCUT2D eigenvalue weighted by Crippen LogP contribution is -2.01. The molecule has 0 aliphatic rings. The maximum Gasteiger partial charge on any atom is 0.207 e. The normalized spacial score (nSPS) is 10.3. The van der Waals surface area contributed by atoms with Gasteiger partial charge < -0.3 is 14.6 Å². The fourth-order valence-electron chi connectivity index (χ4n) is 1.56. The number of aryl methyl sites for hydroxylation is 1. The van der Waals surface area contributed by atoms with Gasteiger partial charge in [-0.2, -0.15) is 0 Å². The van der Waals surface area contributed by atoms with Crippen LogP contribution >= 0.6 is 11.6 Å². The first kappa shape index (κ1) is 11.8. The van der Waals surface area contributed by atoms with Crippen LogP contribution in [0.25, 0.3) is 0 Å². The average molecular weight is 252 g/mol. The number of benzene rings is 1. The second kappa shape index (κ2) is 5.10. The van der Waals surface area contributed by atoms with Crippen molar-refractivity contribution in [3.63, 3.8) is 0 Å². The summed E-state index contributed by atoms with van der Waals surface area (Å²) in [6.07, 6.45) is 3.69. The van der Waals surface area contributed by atoms with Gasteiger partial charge in [-0.1, -0.05) is 11.6 Å². The van der Waals surface area contributed by atoms with Crippen LogP contribution < -0.4 is 10.1 Å². The van der Waals surface area contributed by atoms with Gasteiger partial charge in [0.25, 0.3) is 0 Å². The lowest BCUT2D eigenvalue weighted by atomic mass is 10.3. The zero-order chi connectivity index (χ0) is 12.3. The largest absolute Gasteiger partial charge is 0.495 e. The third-order valence-electron chi connectivity index (χ3n) is 2.46. The quantitative estimate of drug-likeness (QED) is 0.906. The number of imidazole rings is 1. The third kappa shape index (κ3) is 2.53. The molecule has 0 saturated heterocycles. The van der Waals surface area contributed by atoms with Crippen molar-refractivity contribution in [2.45, 2.75) is 13.5 Å². The fraction of sp³-hybridized carbons (Fsp3) is 0.250. The standard InChI is InChI=1S/C12H14ClN3O/c1-3-16-7-6-14-12(16)15-9-4-5-10(13)11(8-9)17-2/h4-8H,3H2,1-2H3,(H,14,15). The van der Waals surface area contributed by atoms with Crippen LogP contribution in [0.2, 0.25) is 5.02 Å². The van der Waals surface area contributed by atoms with Crippen molar-refractivity contribution in [3.05, 3.63) is 35.6 Å². The minimum Gasteiger partial charge on any atom is -0.495 e. The van der Waals surface area contributed by atoms with Crippen LogP contribution in [-0.4, -0.2) is 16.7 Å². The molecule has 1 heterocycles. The Morgan fingerprint density at radius 1 is 1.47 bits per heavy atom. The summed E-state index contributed by atoms with van der Waals surface area (Å²) in [4.78, 5) is 4.24. The number of nitrogens with one attached hydrogen (secondary N) is 1. The summed E-state index contributed by atoms with van der Waals surface area (Å²) in [7, 11) is 1.60. The Balaban J connectivity index is 2.24. The molecule has 2 rings (SSSR count). The summed E-state index contributed by atoms with van der Waals surface area (Å²) in [6, 6.07) is 5.53. The van der Waals surface area contributed by atoms with Gasteiger partial charge in [0.1, 0.15) is 5.75 Å². The van der Waals surface area contributed by atoms with Gasteiger partial charge >= 0.3 is 0 Å². The molecule has 2 aromatic rings. The van der Waals surface area contributed by atoms with Crippen molar-refractivity contribution in [1.29, 1.82) is 0 Å². The van der Waals surface area contributed by atoms with Crippen molar-refractivity contribution in [2.75, 3.05) is 12.4 Å². The molecule has 0 spiro atoms. The molecule has 1 N–H and O–H groups in total. The molecule has 5 heteroatoms. The molecule has 0 saturated carbocycles. The van der Waals surface area contributed by atoms with Gasteiger partial charge in [-0.15, -0.1) is 0 Å². The molecule has 1 aromatic carbocycles. The second-order valence-corrected chi connectivity index (χ2v) is 3.92. The number of rotatable bonds is 4. The molecule has 0 aliphatic carbocycles. The van der Waals surface area contributed by atoms with Gasteiger partial charge in [0.05, 0.1) is 12.1 Å². The number of hydrogen-bond donors (Lipinski definition) is 1. The number of aromatic nitrogens is 2. The van der Waals surface area contributed by atoms with Crippen molar-refractivity contribution in [3.8, 4) is 5.75 Å². The Kier molecular flexibility index (Phi) is 3.54. The summed E-state index contributed by atoms with van der Waals surface area (Å²) in [5, 5.41) is 3.81. The highest BCUT2D eigenvalue weighted by molar-refractivity contribution is 6.32. The van der Waals surface area contributed by atoms with E-state index in [9.17, 15) is 0 Å². The van der Waals surface area contributed by atoms with E-state index in [0.29, 0.717) is 10.8 Å². The number of nitrogens with zero attached hydrogens (tertiary/aromatic N) is 2. The Morgan fingerprint density at radius 3 is 3.00 bits per heavy atom. The molecule has 0 radical (unpaired) electrons. The van der Waals surface area contributed by atoms with Crippen LogP contribution in [0.15, 0.2) is 30.6 Å². The molecule has 0 unspecified atom stereocenters. The number of halogens is 1. The Bertz CT molecular complexity index is 510. The van der Waals surface area contributed by atoms with E-state index in [1.54, 1.807) is 19.4 Å². The lowest BCUT2D eigenvalue weighted by Gasteiger charge is -2.09. The molecular weight excluding hydrogens is 238 g/mol. The van der Waals surface area contributed by atoms with Crippen LogP contribution in [-0.2, 0) is 6.54 Å². The van der Waals surface area contributed by atoms with E-state index in [2.05, 4.69) is 17.2 Å². The molecule has 90 valence electrons. The van der Waals surface area contributed by atoms with Gasteiger partial charge in [0.2, 0.25) is 5.95 Å². The number of anilines is 2. The van der Waals surface area contributed by atoms with E-state index in [1.807, 2.05) is 22.9 Å². The molecule has 0 bridgehead atoms. The molecule has 0 aliphatic heterocycles. The highest BCUT2D eigenvalue weighted by Crippen LogP contribution is 2.28. The predicted octanol–water partition coefficient (Wildman–Crippen LogP) is 3.31. The van der Waals surface area contributed by atoms with Crippen LogP contribution in [0.3, 0.4) is 0 Å². The Labute approximate surface area is 105 Å². The number of hydrogen-bond acceptors (Lipinski definition) is 3. The number of ether oxygens (including phenoxy) is 1. The van der Waals surface area contributed by atoms with E-state index < -0.39 is 0 Å². The molecule has 4 nitrogen and oxygen atoms in total. The predicted molar refractivity (Wildman–Crippen MR) is 69.2 cm³/mol. The number of methoxy groups -OCH3 is 1. The zero-order valence-corrected chi connectivity index (χ0v) is 10.5. The van der Waals surface area contributed by atoms with Crippen LogP contribution in [0.1, 0.15) is 6.92 Å². The third-order valence-corrected chi connectivity index (χ3v) is 2.78. The van der Waals surface area contributed by atoms with Crippen molar-refractivity contribution < 1.29 is 4.74 Å². The van der Waals surface area contributed by atoms with Gasteiger partial charge in [-0.3, -0.25) is 0 Å². The first-order valence-corrected chi connectivity index (χ1v) is 5.74. The Hall–Kier alpha value is -1.68. The zero-order valence-electron chi connectivity index (χ0n) is 9.77. The summed E-state index contributed by atoms with van der Waals surface area (Å²) < 4.78 is 7.18. The molecule has 0 amide bonds. The van der Waals surface area contributed by atoms with Crippen molar-refractivity contribution >= 4 is 23.2 Å². The van der Waals surface area contributed by atoms with Gasteiger partial charge in [-0.25, -0.2) is 4.98 Å². The first-order valence-electron chi connectivity index (χ1n) is 5.36. The van der Waals surface area contributed by atoms with Gasteiger partial charge in [-0.05, 0) is 19.1 Å². The minimum absolute atomic E-state index is 0.594. The highest BCUT2D eigenvalue weighted by atomic mass is 35.5. The van der Waals surface area contributed by atoms with Gasteiger partial charge in [0.15, 0.2) is 0 Å². The van der Waals surface area contributed by atoms with Crippen LogP contribution in [0, 0.1) is 0 Å². The van der Waals surface area contributed by atoms with Crippen LogP contribution in [0.5, 0.6) is 5.75 Å². The first-order chi connectivity index (χ1) is 8.24. The van der Waals surface area contributed by atoms with Crippen molar-refractivity contribution in [2.24, 2.45) is 0 Å². The van der Waals surface area contributed by atoms with E-state index in [4.69, 9.17) is 16.3 Å². The van der Waals surface area contributed by atoms with E-state index in [-0.39, 0.29) is 0 Å². The maximum absolute atomic E-state index is 5.96. The second-order valence-electron chi connectivity index (χ2n) is 3.51. The summed E-state index contributed by atoms with van der Waals surface area (Å²) >= 11 is 5.96. The molecule has 1 aromatic heterocycles. The highest BCUT2D eigenvalue weighted by Gasteiger charge is 2.05. The lowest BCUT2D eigenvalue weighted by molar-refractivity contribution is 0.415. The summed E-state index contributed by atoms with van der Waals surface area (Å²) in [5.41, 5.74) is 0.896. The topological polar surface area (TPSA) is 39.1 Å². The summed E-state index contributed by atoms with van der Waals surface area (Å²) in [5.74, 6) is 1.45. The van der Waals surface area contributed by atoms with E-state index in [1.165, 1.54) is 0 Å². The van der Waals surface area contributed by atoms with E-state index in [0.717, 1.165) is 18.2 Å². The van der Waals surface area contributed by atoms with Crippen molar-refractivity contribution in [1.82, 2.24) is 9.55 Å². The molecule has 0 fully saturated rings. The van der Waals surface area contributed by atoms with E-state index >= 15 is 0 Å². The van der Waals surface area contributed by atoms with Gasteiger partial charge in [0, 0.05) is 30.7 Å². The summed E-state index contributed by atoms with van der Waals surface area (Å²) in [6.45, 7) is 2.93. The SMILES string of the molecule is CCn1ccnc1Nc1ccc(Cl)c(OC)c1. The molecule has 0 atom stereocenters. The Morgan fingerprint density at radius 2 is 2.29 bits per heavy atom. The monoisotopic (exact) mass is 251 g/mol. The fourth-order valence-corrected chi connectivity index (χ4v) is 1.75.